The van der Waals surface area contributed by atoms with Crippen molar-refractivity contribution < 1.29 is 9.15 Å². The highest BCUT2D eigenvalue weighted by Gasteiger charge is 2.04. The SMILES string of the molecule is CCC(C)c1ccc(OCc2ccc(CN)o2)cc1. The maximum atomic E-state index is 5.68. The van der Waals surface area contributed by atoms with Crippen LogP contribution in [0.3, 0.4) is 0 Å². The molecule has 3 nitrogen and oxygen atoms in total. The molecule has 1 heterocycles. The van der Waals surface area contributed by atoms with Crippen LogP contribution in [0.15, 0.2) is 40.8 Å². The zero-order valence-electron chi connectivity index (χ0n) is 11.6. The van der Waals surface area contributed by atoms with E-state index in [0.717, 1.165) is 23.7 Å². The van der Waals surface area contributed by atoms with Gasteiger partial charge < -0.3 is 14.9 Å². The Kier molecular flexibility index (Phi) is 4.63. The Labute approximate surface area is 114 Å². The van der Waals surface area contributed by atoms with E-state index < -0.39 is 0 Å². The Morgan fingerprint density at radius 2 is 1.79 bits per heavy atom. The normalized spacial score (nSPS) is 12.4. The molecule has 0 radical (unpaired) electrons. The van der Waals surface area contributed by atoms with Crippen LogP contribution in [0.2, 0.25) is 0 Å². The lowest BCUT2D eigenvalue weighted by Gasteiger charge is -2.10. The summed E-state index contributed by atoms with van der Waals surface area (Å²) < 4.78 is 11.2. The lowest BCUT2D eigenvalue weighted by Crippen LogP contribution is -1.96. The molecule has 2 aromatic rings. The Hall–Kier alpha value is -1.74. The number of furan rings is 1. The zero-order valence-corrected chi connectivity index (χ0v) is 11.6. The Balaban J connectivity index is 1.92. The summed E-state index contributed by atoms with van der Waals surface area (Å²) in [7, 11) is 0. The minimum Gasteiger partial charge on any atom is -0.486 e. The van der Waals surface area contributed by atoms with Crippen molar-refractivity contribution in [2.75, 3.05) is 0 Å². The molecule has 0 spiro atoms. The van der Waals surface area contributed by atoms with Gasteiger partial charge in [-0.1, -0.05) is 26.0 Å². The molecule has 0 bridgehead atoms. The molecule has 0 aliphatic heterocycles. The van der Waals surface area contributed by atoms with Crippen LogP contribution in [0.25, 0.3) is 0 Å². The first-order valence-corrected chi connectivity index (χ1v) is 6.73. The fourth-order valence-corrected chi connectivity index (χ4v) is 1.89. The van der Waals surface area contributed by atoms with E-state index in [1.807, 2.05) is 24.3 Å². The fraction of sp³-hybridized carbons (Fsp3) is 0.375. The lowest BCUT2D eigenvalue weighted by atomic mass is 9.99. The molecule has 0 amide bonds. The minimum atomic E-state index is 0.420. The van der Waals surface area contributed by atoms with E-state index in [9.17, 15) is 0 Å². The maximum Gasteiger partial charge on any atom is 0.146 e. The smallest absolute Gasteiger partial charge is 0.146 e. The summed E-state index contributed by atoms with van der Waals surface area (Å²) in [4.78, 5) is 0. The van der Waals surface area contributed by atoms with E-state index >= 15 is 0 Å². The van der Waals surface area contributed by atoms with Gasteiger partial charge in [0.2, 0.25) is 0 Å². The zero-order chi connectivity index (χ0) is 13.7. The molecule has 0 aliphatic carbocycles. The van der Waals surface area contributed by atoms with Crippen molar-refractivity contribution in [3.63, 3.8) is 0 Å². The quantitative estimate of drug-likeness (QED) is 0.857. The van der Waals surface area contributed by atoms with Gasteiger partial charge in [-0.3, -0.25) is 0 Å². The second kappa shape index (κ2) is 6.43. The first-order valence-electron chi connectivity index (χ1n) is 6.73. The molecule has 19 heavy (non-hydrogen) atoms. The van der Waals surface area contributed by atoms with Crippen LogP contribution >= 0.6 is 0 Å². The molecular weight excluding hydrogens is 238 g/mol. The molecule has 1 atom stereocenters. The highest BCUT2D eigenvalue weighted by atomic mass is 16.5. The summed E-state index contributed by atoms with van der Waals surface area (Å²) in [6, 6.07) is 12.0. The molecule has 0 fully saturated rings. The van der Waals surface area contributed by atoms with E-state index in [1.165, 1.54) is 5.56 Å². The van der Waals surface area contributed by atoms with Crippen molar-refractivity contribution in [2.24, 2.45) is 5.73 Å². The number of rotatable bonds is 6. The average Bonchev–Trinajstić information content (AvgIpc) is 2.93. The summed E-state index contributed by atoms with van der Waals surface area (Å²) in [6.07, 6.45) is 1.15. The lowest BCUT2D eigenvalue weighted by molar-refractivity contribution is 0.266. The van der Waals surface area contributed by atoms with Gasteiger partial charge in [0.25, 0.3) is 0 Å². The molecule has 0 aliphatic rings. The van der Waals surface area contributed by atoms with Crippen molar-refractivity contribution in [1.29, 1.82) is 0 Å². The summed E-state index contributed by atoms with van der Waals surface area (Å²) in [5.74, 6) is 3.03. The van der Waals surface area contributed by atoms with Crippen LogP contribution in [0.5, 0.6) is 5.75 Å². The Bertz CT molecular complexity index is 502. The largest absolute Gasteiger partial charge is 0.486 e. The number of nitrogens with two attached hydrogens (primary N) is 1. The Morgan fingerprint density at radius 3 is 2.37 bits per heavy atom. The number of benzene rings is 1. The third kappa shape index (κ3) is 3.61. The van der Waals surface area contributed by atoms with Crippen LogP contribution in [0.4, 0.5) is 0 Å². The van der Waals surface area contributed by atoms with Gasteiger partial charge in [0, 0.05) is 0 Å². The molecule has 1 aromatic carbocycles. The van der Waals surface area contributed by atoms with Crippen molar-refractivity contribution in [1.82, 2.24) is 0 Å². The second-order valence-corrected chi connectivity index (χ2v) is 4.74. The maximum absolute atomic E-state index is 5.68. The van der Waals surface area contributed by atoms with Gasteiger partial charge in [-0.05, 0) is 42.2 Å². The summed E-state index contributed by atoms with van der Waals surface area (Å²) in [5, 5.41) is 0. The van der Waals surface area contributed by atoms with Crippen molar-refractivity contribution in [2.45, 2.75) is 39.3 Å². The first kappa shape index (κ1) is 13.7. The van der Waals surface area contributed by atoms with E-state index in [1.54, 1.807) is 0 Å². The van der Waals surface area contributed by atoms with Gasteiger partial charge in [0.05, 0.1) is 6.54 Å². The van der Waals surface area contributed by atoms with Gasteiger partial charge >= 0.3 is 0 Å². The van der Waals surface area contributed by atoms with Gasteiger partial charge in [-0.2, -0.15) is 0 Å². The fourth-order valence-electron chi connectivity index (χ4n) is 1.89. The van der Waals surface area contributed by atoms with E-state index in [0.29, 0.717) is 19.1 Å². The third-order valence-electron chi connectivity index (χ3n) is 3.36. The van der Waals surface area contributed by atoms with Crippen LogP contribution in [-0.2, 0) is 13.2 Å². The molecule has 1 unspecified atom stereocenters. The first-order chi connectivity index (χ1) is 9.22. The van der Waals surface area contributed by atoms with E-state index in [4.69, 9.17) is 14.9 Å². The molecule has 2 N–H and O–H groups in total. The molecule has 0 saturated carbocycles. The molecular formula is C16H21NO2. The standard InChI is InChI=1S/C16H21NO2/c1-3-12(2)13-4-6-14(7-5-13)18-11-16-9-8-15(10-17)19-16/h4-9,12H,3,10-11,17H2,1-2H3. The van der Waals surface area contributed by atoms with Crippen molar-refractivity contribution >= 4 is 0 Å². The summed E-state index contributed by atoms with van der Waals surface area (Å²) >= 11 is 0. The molecule has 3 heteroatoms. The number of hydrogen-bond acceptors (Lipinski definition) is 3. The predicted molar refractivity (Wildman–Crippen MR) is 76.1 cm³/mol. The predicted octanol–water partition coefficient (Wildman–Crippen LogP) is 3.83. The van der Waals surface area contributed by atoms with Gasteiger partial charge in [-0.15, -0.1) is 0 Å². The molecule has 2 rings (SSSR count). The molecule has 102 valence electrons. The van der Waals surface area contributed by atoms with Crippen LogP contribution in [-0.4, -0.2) is 0 Å². The van der Waals surface area contributed by atoms with Crippen LogP contribution in [0, 0.1) is 0 Å². The minimum absolute atomic E-state index is 0.420. The molecule has 1 aromatic heterocycles. The van der Waals surface area contributed by atoms with Gasteiger partial charge in [-0.25, -0.2) is 0 Å². The average molecular weight is 259 g/mol. The van der Waals surface area contributed by atoms with E-state index in [2.05, 4.69) is 26.0 Å². The van der Waals surface area contributed by atoms with Crippen LogP contribution in [0.1, 0.15) is 43.3 Å². The van der Waals surface area contributed by atoms with Gasteiger partial charge in [0.15, 0.2) is 0 Å². The monoisotopic (exact) mass is 259 g/mol. The topological polar surface area (TPSA) is 48.4 Å². The highest BCUT2D eigenvalue weighted by molar-refractivity contribution is 5.29. The van der Waals surface area contributed by atoms with Crippen molar-refractivity contribution in [3.05, 3.63) is 53.5 Å². The Morgan fingerprint density at radius 1 is 1.11 bits per heavy atom. The van der Waals surface area contributed by atoms with E-state index in [-0.39, 0.29) is 0 Å². The number of hydrogen-bond donors (Lipinski definition) is 1. The summed E-state index contributed by atoms with van der Waals surface area (Å²) in [6.45, 7) is 5.28. The summed E-state index contributed by atoms with van der Waals surface area (Å²) in [5.41, 5.74) is 6.84. The van der Waals surface area contributed by atoms with Crippen LogP contribution < -0.4 is 10.5 Å². The molecule has 0 saturated heterocycles. The highest BCUT2D eigenvalue weighted by Crippen LogP contribution is 2.22. The van der Waals surface area contributed by atoms with Gasteiger partial charge in [0.1, 0.15) is 23.9 Å². The second-order valence-electron chi connectivity index (χ2n) is 4.74. The third-order valence-corrected chi connectivity index (χ3v) is 3.36. The van der Waals surface area contributed by atoms with Crippen molar-refractivity contribution in [3.8, 4) is 5.75 Å². The number of ether oxygens (including phenoxy) is 1.